The molecule has 0 unspecified atom stereocenters. The van der Waals surface area contributed by atoms with Gasteiger partial charge in [-0.05, 0) is 37.4 Å². The summed E-state index contributed by atoms with van der Waals surface area (Å²) >= 11 is 0. The van der Waals surface area contributed by atoms with E-state index < -0.39 is 17.4 Å². The number of hydrogen-bond donors (Lipinski definition) is 1. The minimum Gasteiger partial charge on any atom is -0.484 e. The molecule has 1 aliphatic rings. The number of benzene rings is 1. The SMILES string of the molecule is N#Cc1cc(F)c(OC2CC(CN)C2)c(F)c1. The minimum atomic E-state index is -0.835. The van der Waals surface area contributed by atoms with Crippen molar-refractivity contribution in [1.82, 2.24) is 0 Å². The van der Waals surface area contributed by atoms with Crippen LogP contribution < -0.4 is 10.5 Å². The highest BCUT2D eigenvalue weighted by molar-refractivity contribution is 5.37. The van der Waals surface area contributed by atoms with Crippen LogP contribution in [0.1, 0.15) is 18.4 Å². The van der Waals surface area contributed by atoms with E-state index in [0.717, 1.165) is 25.0 Å². The second-order valence-electron chi connectivity index (χ2n) is 4.19. The predicted molar refractivity (Wildman–Crippen MR) is 57.3 cm³/mol. The summed E-state index contributed by atoms with van der Waals surface area (Å²) in [5, 5.41) is 8.55. The van der Waals surface area contributed by atoms with Gasteiger partial charge in [-0.25, -0.2) is 8.78 Å². The molecule has 0 aromatic heterocycles. The highest BCUT2D eigenvalue weighted by Crippen LogP contribution is 2.33. The molecule has 0 amide bonds. The van der Waals surface area contributed by atoms with Gasteiger partial charge in [-0.15, -0.1) is 0 Å². The second kappa shape index (κ2) is 4.68. The molecule has 3 nitrogen and oxygen atoms in total. The standard InChI is InChI=1S/C12H12F2N2O/c13-10-3-8(6-16)4-11(14)12(10)17-9-1-7(2-9)5-15/h3-4,7,9H,1-2,5,15H2. The fraction of sp³-hybridized carbons (Fsp3) is 0.417. The molecule has 1 aromatic rings. The monoisotopic (exact) mass is 238 g/mol. The maximum atomic E-state index is 13.5. The molecule has 0 saturated heterocycles. The molecule has 0 radical (unpaired) electrons. The number of halogens is 2. The third kappa shape index (κ3) is 2.37. The maximum absolute atomic E-state index is 13.5. The van der Waals surface area contributed by atoms with E-state index >= 15 is 0 Å². The number of hydrogen-bond acceptors (Lipinski definition) is 3. The number of nitriles is 1. The van der Waals surface area contributed by atoms with Crippen LogP contribution in [-0.2, 0) is 0 Å². The van der Waals surface area contributed by atoms with Crippen molar-refractivity contribution in [2.75, 3.05) is 6.54 Å². The van der Waals surface area contributed by atoms with E-state index in [4.69, 9.17) is 15.7 Å². The van der Waals surface area contributed by atoms with E-state index in [1.807, 2.05) is 0 Å². The van der Waals surface area contributed by atoms with Crippen LogP contribution in [0, 0.1) is 28.9 Å². The van der Waals surface area contributed by atoms with Crippen molar-refractivity contribution in [3.05, 3.63) is 29.3 Å². The van der Waals surface area contributed by atoms with Crippen molar-refractivity contribution < 1.29 is 13.5 Å². The molecule has 1 aromatic carbocycles. The zero-order valence-corrected chi connectivity index (χ0v) is 9.12. The largest absolute Gasteiger partial charge is 0.484 e. The molecule has 0 aliphatic heterocycles. The van der Waals surface area contributed by atoms with Gasteiger partial charge in [-0.3, -0.25) is 0 Å². The van der Waals surface area contributed by atoms with E-state index in [1.54, 1.807) is 6.07 Å². The van der Waals surface area contributed by atoms with Crippen LogP contribution in [0.5, 0.6) is 5.75 Å². The zero-order valence-electron chi connectivity index (χ0n) is 9.12. The predicted octanol–water partition coefficient (Wildman–Crippen LogP) is 1.95. The van der Waals surface area contributed by atoms with Crippen LogP contribution >= 0.6 is 0 Å². The lowest BCUT2D eigenvalue weighted by Gasteiger charge is -2.34. The quantitative estimate of drug-likeness (QED) is 0.875. The van der Waals surface area contributed by atoms with E-state index in [-0.39, 0.29) is 11.7 Å². The smallest absolute Gasteiger partial charge is 0.191 e. The van der Waals surface area contributed by atoms with E-state index in [9.17, 15) is 8.78 Å². The minimum absolute atomic E-state index is 0.0548. The van der Waals surface area contributed by atoms with Crippen molar-refractivity contribution in [3.8, 4) is 11.8 Å². The average molecular weight is 238 g/mol. The molecule has 0 spiro atoms. The lowest BCUT2D eigenvalue weighted by molar-refractivity contribution is 0.0614. The molecule has 0 heterocycles. The van der Waals surface area contributed by atoms with E-state index in [0.29, 0.717) is 12.5 Å². The Morgan fingerprint density at radius 3 is 2.41 bits per heavy atom. The molecular weight excluding hydrogens is 226 g/mol. The molecular formula is C12H12F2N2O. The molecule has 90 valence electrons. The molecule has 5 heteroatoms. The zero-order chi connectivity index (χ0) is 12.4. The van der Waals surface area contributed by atoms with Crippen LogP contribution in [0.25, 0.3) is 0 Å². The summed E-state index contributed by atoms with van der Waals surface area (Å²) in [7, 11) is 0. The van der Waals surface area contributed by atoms with Gasteiger partial charge in [0, 0.05) is 0 Å². The van der Waals surface area contributed by atoms with Gasteiger partial charge in [0.25, 0.3) is 0 Å². The molecule has 2 rings (SSSR count). The van der Waals surface area contributed by atoms with Crippen LogP contribution in [0.15, 0.2) is 12.1 Å². The third-order valence-corrected chi connectivity index (χ3v) is 2.94. The molecule has 0 bridgehead atoms. The van der Waals surface area contributed by atoms with Gasteiger partial charge in [0.15, 0.2) is 17.4 Å². The van der Waals surface area contributed by atoms with Crippen molar-refractivity contribution in [1.29, 1.82) is 5.26 Å². The summed E-state index contributed by atoms with van der Waals surface area (Å²) in [6.45, 7) is 0.568. The topological polar surface area (TPSA) is 59.0 Å². The van der Waals surface area contributed by atoms with Gasteiger partial charge < -0.3 is 10.5 Å². The molecule has 1 saturated carbocycles. The summed E-state index contributed by atoms with van der Waals surface area (Å²) in [6.07, 6.45) is 1.26. The lowest BCUT2D eigenvalue weighted by atomic mass is 9.82. The second-order valence-corrected chi connectivity index (χ2v) is 4.19. The van der Waals surface area contributed by atoms with E-state index in [1.165, 1.54) is 0 Å². The molecule has 0 atom stereocenters. The normalized spacial score (nSPS) is 22.7. The molecule has 1 aliphatic carbocycles. The summed E-state index contributed by atoms with van der Waals surface area (Å²) < 4.78 is 32.1. The number of nitrogens with zero attached hydrogens (tertiary/aromatic N) is 1. The molecule has 17 heavy (non-hydrogen) atoms. The highest BCUT2D eigenvalue weighted by atomic mass is 19.1. The number of ether oxygens (including phenoxy) is 1. The number of nitrogens with two attached hydrogens (primary N) is 1. The Hall–Kier alpha value is -1.67. The fourth-order valence-corrected chi connectivity index (χ4v) is 1.87. The van der Waals surface area contributed by atoms with Gasteiger partial charge in [0.1, 0.15) is 0 Å². The third-order valence-electron chi connectivity index (χ3n) is 2.94. The molecule has 1 fully saturated rings. The Bertz CT molecular complexity index is 441. The Morgan fingerprint density at radius 1 is 1.35 bits per heavy atom. The van der Waals surface area contributed by atoms with Crippen LogP contribution in [-0.4, -0.2) is 12.6 Å². The van der Waals surface area contributed by atoms with Gasteiger partial charge in [-0.2, -0.15) is 5.26 Å². The Labute approximate surface area is 97.8 Å². The summed E-state index contributed by atoms with van der Waals surface area (Å²) in [5.41, 5.74) is 5.39. The first-order valence-electron chi connectivity index (χ1n) is 5.40. The number of rotatable bonds is 3. The Balaban J connectivity index is 2.09. The highest BCUT2D eigenvalue weighted by Gasteiger charge is 2.31. The Morgan fingerprint density at radius 2 is 1.94 bits per heavy atom. The van der Waals surface area contributed by atoms with Crippen molar-refractivity contribution in [3.63, 3.8) is 0 Å². The van der Waals surface area contributed by atoms with Gasteiger partial charge in [0.05, 0.1) is 17.7 Å². The van der Waals surface area contributed by atoms with Crippen LogP contribution in [0.4, 0.5) is 8.78 Å². The van der Waals surface area contributed by atoms with Gasteiger partial charge in [-0.1, -0.05) is 0 Å². The first-order valence-corrected chi connectivity index (χ1v) is 5.40. The van der Waals surface area contributed by atoms with Crippen LogP contribution in [0.2, 0.25) is 0 Å². The first kappa shape index (κ1) is 11.8. The lowest BCUT2D eigenvalue weighted by Crippen LogP contribution is -2.38. The van der Waals surface area contributed by atoms with Crippen molar-refractivity contribution in [2.24, 2.45) is 11.7 Å². The molecule has 2 N–H and O–H groups in total. The summed E-state index contributed by atoms with van der Waals surface area (Å²) in [5.74, 6) is -1.69. The first-order chi connectivity index (χ1) is 8.13. The summed E-state index contributed by atoms with van der Waals surface area (Å²) in [4.78, 5) is 0. The van der Waals surface area contributed by atoms with Crippen LogP contribution in [0.3, 0.4) is 0 Å². The summed E-state index contributed by atoms with van der Waals surface area (Å²) in [6, 6.07) is 3.62. The van der Waals surface area contributed by atoms with E-state index in [2.05, 4.69) is 0 Å². The van der Waals surface area contributed by atoms with Crippen molar-refractivity contribution >= 4 is 0 Å². The van der Waals surface area contributed by atoms with Gasteiger partial charge >= 0.3 is 0 Å². The van der Waals surface area contributed by atoms with Crippen molar-refractivity contribution in [2.45, 2.75) is 18.9 Å². The Kier molecular flexibility index (Phi) is 3.25. The average Bonchev–Trinajstić information content (AvgIpc) is 2.25. The van der Waals surface area contributed by atoms with Gasteiger partial charge in [0.2, 0.25) is 0 Å². The maximum Gasteiger partial charge on any atom is 0.191 e. The fourth-order valence-electron chi connectivity index (χ4n) is 1.87.